The van der Waals surface area contributed by atoms with Crippen LogP contribution >= 0.6 is 0 Å². The molecule has 0 amide bonds. The first-order valence-electron chi connectivity index (χ1n) is 6.23. The smallest absolute Gasteiger partial charge is 0.280 e. The van der Waals surface area contributed by atoms with Crippen LogP contribution in [0.15, 0.2) is 59.8 Å². The lowest BCUT2D eigenvalue weighted by Gasteiger charge is -1.99. The predicted octanol–water partition coefficient (Wildman–Crippen LogP) is 2.26. The molecule has 0 unspecified atom stereocenters. The Balaban J connectivity index is 2.13. The summed E-state index contributed by atoms with van der Waals surface area (Å²) in [6.45, 7) is 0. The Morgan fingerprint density at radius 1 is 1.00 bits per heavy atom. The van der Waals surface area contributed by atoms with Gasteiger partial charge in [-0.2, -0.15) is 0 Å². The van der Waals surface area contributed by atoms with Crippen LogP contribution in [0.3, 0.4) is 0 Å². The third-order valence-electron chi connectivity index (χ3n) is 3.34. The highest BCUT2D eigenvalue weighted by Gasteiger charge is 2.11. The van der Waals surface area contributed by atoms with Crippen LogP contribution in [-0.2, 0) is 0 Å². The normalized spacial score (nSPS) is 11.2. The van der Waals surface area contributed by atoms with Gasteiger partial charge in [0.2, 0.25) is 0 Å². The Morgan fingerprint density at radius 3 is 2.70 bits per heavy atom. The predicted molar refractivity (Wildman–Crippen MR) is 77.0 cm³/mol. The van der Waals surface area contributed by atoms with Crippen LogP contribution in [0.5, 0.6) is 0 Å². The van der Waals surface area contributed by atoms with Crippen molar-refractivity contribution in [2.75, 3.05) is 0 Å². The third kappa shape index (κ3) is 1.46. The van der Waals surface area contributed by atoms with E-state index in [2.05, 4.69) is 15.1 Å². The number of hydrogen-bond acceptors (Lipinski definition) is 3. The molecule has 0 spiro atoms. The number of fused-ring (bicyclic) bond motifs is 3. The molecule has 0 radical (unpaired) electrons. The Morgan fingerprint density at radius 2 is 1.85 bits per heavy atom. The van der Waals surface area contributed by atoms with Gasteiger partial charge in [-0.3, -0.25) is 19.9 Å². The van der Waals surface area contributed by atoms with E-state index in [1.807, 2.05) is 36.4 Å². The number of H-pyrrole nitrogens is 1. The van der Waals surface area contributed by atoms with Gasteiger partial charge in [0.1, 0.15) is 0 Å². The van der Waals surface area contributed by atoms with Gasteiger partial charge >= 0.3 is 0 Å². The first-order chi connectivity index (χ1) is 9.84. The van der Waals surface area contributed by atoms with Crippen LogP contribution in [-0.4, -0.2) is 19.7 Å². The van der Waals surface area contributed by atoms with Gasteiger partial charge in [0, 0.05) is 24.0 Å². The van der Waals surface area contributed by atoms with Crippen molar-refractivity contribution in [3.63, 3.8) is 0 Å². The van der Waals surface area contributed by atoms with E-state index in [0.717, 1.165) is 22.1 Å². The maximum atomic E-state index is 12.4. The van der Waals surface area contributed by atoms with Crippen molar-refractivity contribution in [2.45, 2.75) is 0 Å². The highest BCUT2D eigenvalue weighted by molar-refractivity contribution is 6.02. The molecule has 5 heteroatoms. The quantitative estimate of drug-likeness (QED) is 0.572. The molecule has 0 saturated carbocycles. The second kappa shape index (κ2) is 4.03. The van der Waals surface area contributed by atoms with E-state index < -0.39 is 0 Å². The molecular weight excluding hydrogens is 252 g/mol. The average molecular weight is 262 g/mol. The van der Waals surface area contributed by atoms with Crippen LogP contribution < -0.4 is 5.56 Å². The van der Waals surface area contributed by atoms with Crippen LogP contribution in [0.1, 0.15) is 0 Å². The first-order valence-corrected chi connectivity index (χ1v) is 6.23. The molecule has 0 aliphatic heterocycles. The number of aromatic nitrogens is 4. The molecule has 4 rings (SSSR count). The van der Waals surface area contributed by atoms with Crippen molar-refractivity contribution in [2.24, 2.45) is 0 Å². The second-order valence-electron chi connectivity index (χ2n) is 4.53. The summed E-state index contributed by atoms with van der Waals surface area (Å²) in [5, 5.41) is 4.56. The van der Waals surface area contributed by atoms with Crippen LogP contribution in [0.25, 0.3) is 27.5 Å². The Bertz CT molecular complexity index is 969. The summed E-state index contributed by atoms with van der Waals surface area (Å²) in [6.07, 6.45) is 5.01. The number of nitrogens with one attached hydrogen (secondary N) is 1. The molecule has 0 aliphatic carbocycles. The van der Waals surface area contributed by atoms with E-state index in [-0.39, 0.29) is 5.56 Å². The molecule has 4 aromatic rings. The van der Waals surface area contributed by atoms with Crippen molar-refractivity contribution in [3.8, 4) is 5.69 Å². The molecule has 0 fully saturated rings. The molecule has 0 atom stereocenters. The summed E-state index contributed by atoms with van der Waals surface area (Å²) in [5.41, 5.74) is 2.26. The molecule has 1 N–H and O–H groups in total. The fourth-order valence-corrected chi connectivity index (χ4v) is 2.36. The Labute approximate surface area is 113 Å². The summed E-state index contributed by atoms with van der Waals surface area (Å²) in [5.74, 6) is 0. The summed E-state index contributed by atoms with van der Waals surface area (Å²) in [4.78, 5) is 20.9. The van der Waals surface area contributed by atoms with Gasteiger partial charge in [-0.05, 0) is 18.2 Å². The zero-order valence-electron chi connectivity index (χ0n) is 10.4. The lowest BCUT2D eigenvalue weighted by atomic mass is 10.2. The number of hydrogen-bond donors (Lipinski definition) is 1. The molecule has 0 bridgehead atoms. The van der Waals surface area contributed by atoms with E-state index in [9.17, 15) is 4.79 Å². The number of para-hydroxylation sites is 1. The molecule has 3 heterocycles. The average Bonchev–Trinajstić information content (AvgIpc) is 2.86. The number of nitrogens with zero attached hydrogens (tertiary/aromatic N) is 3. The zero-order valence-corrected chi connectivity index (χ0v) is 10.4. The fourth-order valence-electron chi connectivity index (χ4n) is 2.36. The van der Waals surface area contributed by atoms with Gasteiger partial charge in [0.25, 0.3) is 5.56 Å². The van der Waals surface area contributed by atoms with Crippen molar-refractivity contribution in [1.29, 1.82) is 0 Å². The summed E-state index contributed by atoms with van der Waals surface area (Å²) in [6, 6.07) is 11.3. The van der Waals surface area contributed by atoms with E-state index >= 15 is 0 Å². The molecule has 3 aromatic heterocycles. The largest absolute Gasteiger partial charge is 0.289 e. The van der Waals surface area contributed by atoms with Crippen LogP contribution in [0, 0.1) is 0 Å². The Kier molecular flexibility index (Phi) is 2.20. The topological polar surface area (TPSA) is 63.6 Å². The van der Waals surface area contributed by atoms with Gasteiger partial charge in [-0.15, -0.1) is 0 Å². The van der Waals surface area contributed by atoms with Crippen molar-refractivity contribution >= 4 is 21.8 Å². The summed E-state index contributed by atoms with van der Waals surface area (Å²) < 4.78 is 1.53. The minimum absolute atomic E-state index is 0.107. The minimum Gasteiger partial charge on any atom is -0.289 e. The lowest BCUT2D eigenvalue weighted by Crippen LogP contribution is -2.13. The standard InChI is InChI=1S/C15H10N4O/c20-15-12-9-17-13-6-7-16-8-11(13)14(12)18-19(15)10-4-2-1-3-5-10/h1-9,18H. The maximum Gasteiger partial charge on any atom is 0.280 e. The first kappa shape index (κ1) is 10.9. The third-order valence-corrected chi connectivity index (χ3v) is 3.34. The van der Waals surface area contributed by atoms with Gasteiger partial charge < -0.3 is 0 Å². The molecule has 1 aromatic carbocycles. The highest BCUT2D eigenvalue weighted by atomic mass is 16.1. The zero-order chi connectivity index (χ0) is 13.5. The summed E-state index contributed by atoms with van der Waals surface area (Å²) in [7, 11) is 0. The maximum absolute atomic E-state index is 12.4. The van der Waals surface area contributed by atoms with Crippen LogP contribution in [0.2, 0.25) is 0 Å². The van der Waals surface area contributed by atoms with Gasteiger partial charge in [0.05, 0.1) is 22.1 Å². The molecule has 20 heavy (non-hydrogen) atoms. The van der Waals surface area contributed by atoms with Gasteiger partial charge in [-0.1, -0.05) is 18.2 Å². The van der Waals surface area contributed by atoms with E-state index in [1.165, 1.54) is 4.68 Å². The van der Waals surface area contributed by atoms with Crippen LogP contribution in [0.4, 0.5) is 0 Å². The highest BCUT2D eigenvalue weighted by Crippen LogP contribution is 2.19. The number of rotatable bonds is 1. The van der Waals surface area contributed by atoms with E-state index in [0.29, 0.717) is 5.39 Å². The van der Waals surface area contributed by atoms with Crippen molar-refractivity contribution in [1.82, 2.24) is 19.7 Å². The van der Waals surface area contributed by atoms with Crippen molar-refractivity contribution in [3.05, 3.63) is 65.3 Å². The number of aromatic amines is 1. The molecule has 0 saturated heterocycles. The molecular formula is C15H10N4O. The Hall–Kier alpha value is -2.95. The second-order valence-corrected chi connectivity index (χ2v) is 4.53. The summed E-state index contributed by atoms with van der Waals surface area (Å²) >= 11 is 0. The van der Waals surface area contributed by atoms with Gasteiger partial charge in [0.15, 0.2) is 0 Å². The molecule has 5 nitrogen and oxygen atoms in total. The van der Waals surface area contributed by atoms with E-state index in [4.69, 9.17) is 0 Å². The lowest BCUT2D eigenvalue weighted by molar-refractivity contribution is 0.864. The number of pyridine rings is 2. The molecule has 0 aliphatic rings. The monoisotopic (exact) mass is 262 g/mol. The molecule has 96 valence electrons. The fraction of sp³-hybridized carbons (Fsp3) is 0. The van der Waals surface area contributed by atoms with E-state index in [1.54, 1.807) is 18.6 Å². The van der Waals surface area contributed by atoms with Crippen molar-refractivity contribution < 1.29 is 0 Å². The van der Waals surface area contributed by atoms with Gasteiger partial charge in [-0.25, -0.2) is 4.68 Å². The number of benzene rings is 1. The SMILES string of the molecule is O=c1c2cnc3ccncc3c2[nH]n1-c1ccccc1. The minimum atomic E-state index is -0.107.